The molecule has 106 valence electrons. The van der Waals surface area contributed by atoms with Gasteiger partial charge < -0.3 is 25.2 Å². The molecule has 0 spiro atoms. The number of aliphatic hydroxyl groups is 1. The molecule has 0 bridgehead atoms. The van der Waals surface area contributed by atoms with Crippen LogP contribution in [0, 0.1) is 0 Å². The first kappa shape index (κ1) is 16.8. The Morgan fingerprint density at radius 1 is 1.28 bits per heavy atom. The van der Waals surface area contributed by atoms with Crippen molar-refractivity contribution >= 4 is 11.9 Å². The lowest BCUT2D eigenvalue weighted by Gasteiger charge is -2.28. The van der Waals surface area contributed by atoms with Crippen LogP contribution in [0.5, 0.6) is 0 Å². The zero-order valence-corrected chi connectivity index (χ0v) is 11.1. The van der Waals surface area contributed by atoms with Crippen LogP contribution in [-0.2, 0) is 14.3 Å². The van der Waals surface area contributed by atoms with Crippen LogP contribution in [0.15, 0.2) is 0 Å². The Morgan fingerprint density at radius 2 is 1.83 bits per heavy atom. The first-order valence-electron chi connectivity index (χ1n) is 5.74. The molecule has 0 aliphatic rings. The minimum Gasteiger partial charge on any atom is -0.481 e. The summed E-state index contributed by atoms with van der Waals surface area (Å²) < 4.78 is 5.54. The molecule has 0 radical (unpaired) electrons. The lowest BCUT2D eigenvalue weighted by molar-refractivity contribution is -0.873. The van der Waals surface area contributed by atoms with Gasteiger partial charge in [0.1, 0.15) is 6.54 Å². The first-order valence-corrected chi connectivity index (χ1v) is 5.74. The van der Waals surface area contributed by atoms with Crippen molar-refractivity contribution in [1.82, 2.24) is 0 Å². The molecule has 0 aromatic heterocycles. The molecule has 0 aromatic rings. The van der Waals surface area contributed by atoms with Crippen molar-refractivity contribution in [2.24, 2.45) is 5.73 Å². The number of nitrogens with zero attached hydrogens (tertiary/aromatic N) is 1. The van der Waals surface area contributed by atoms with Gasteiger partial charge in [-0.2, -0.15) is 0 Å². The van der Waals surface area contributed by atoms with Crippen LogP contribution in [0.25, 0.3) is 0 Å². The third-order valence-electron chi connectivity index (χ3n) is 2.13. The lowest BCUT2D eigenvalue weighted by atomic mass is 10.2. The zero-order valence-electron chi connectivity index (χ0n) is 11.1. The second kappa shape index (κ2) is 7.30. The number of quaternary nitrogens is 1. The summed E-state index contributed by atoms with van der Waals surface area (Å²) in [5, 5.41) is 18.0. The summed E-state index contributed by atoms with van der Waals surface area (Å²) in [4.78, 5) is 22.1. The summed E-state index contributed by atoms with van der Waals surface area (Å²) in [7, 11) is 5.62. The van der Waals surface area contributed by atoms with Gasteiger partial charge in [0, 0.05) is 6.54 Å². The topological polar surface area (TPSA) is 110 Å². The number of carbonyl (C=O) groups excluding carboxylic acids is 1. The van der Waals surface area contributed by atoms with Crippen LogP contribution in [0.3, 0.4) is 0 Å². The highest BCUT2D eigenvalue weighted by atomic mass is 16.5. The van der Waals surface area contributed by atoms with Crippen LogP contribution >= 0.6 is 0 Å². The lowest BCUT2D eigenvalue weighted by Crippen LogP contribution is -2.44. The van der Waals surface area contributed by atoms with E-state index in [4.69, 9.17) is 15.6 Å². The van der Waals surface area contributed by atoms with Crippen molar-refractivity contribution in [1.29, 1.82) is 0 Å². The summed E-state index contributed by atoms with van der Waals surface area (Å²) >= 11 is 0. The van der Waals surface area contributed by atoms with Gasteiger partial charge in [0.2, 0.25) is 0 Å². The minimum atomic E-state index is -1.03. The summed E-state index contributed by atoms with van der Waals surface area (Å²) in [6, 6.07) is 0. The molecule has 0 aromatic carbocycles. The Morgan fingerprint density at radius 3 is 2.22 bits per heavy atom. The van der Waals surface area contributed by atoms with Crippen LogP contribution in [-0.4, -0.2) is 73.1 Å². The number of hydrogen-bond donors (Lipinski definition) is 3. The number of likely N-dealkylation sites (N-methyl/N-ethyl adjacent to an activating group) is 1. The zero-order chi connectivity index (χ0) is 14.3. The second-order valence-electron chi connectivity index (χ2n) is 5.28. The monoisotopic (exact) mass is 263 g/mol. The van der Waals surface area contributed by atoms with Gasteiger partial charge in [-0.15, -0.1) is 0 Å². The molecule has 0 amide bonds. The second-order valence-corrected chi connectivity index (χ2v) is 5.28. The molecule has 7 heteroatoms. The fourth-order valence-electron chi connectivity index (χ4n) is 1.46. The predicted molar refractivity (Wildman–Crippen MR) is 64.7 cm³/mol. The SMILES string of the molecule is C[N+](C)(C)CC(CC(=O)O)OC(=O)CC(O)CN. The van der Waals surface area contributed by atoms with E-state index in [1.165, 1.54) is 0 Å². The van der Waals surface area contributed by atoms with Gasteiger partial charge in [-0.3, -0.25) is 9.59 Å². The standard InChI is InChI=1S/C11H22N2O5/c1-13(2,3)7-9(5-10(15)16)18-11(17)4-8(14)6-12/h8-9,14H,4-7,12H2,1-3H3/p+1. The number of carboxylic acid groups (broad SMARTS) is 1. The normalized spacial score (nSPS) is 14.9. The number of rotatable bonds is 8. The van der Waals surface area contributed by atoms with E-state index in [-0.39, 0.29) is 19.4 Å². The molecule has 0 aliphatic heterocycles. The van der Waals surface area contributed by atoms with E-state index in [0.29, 0.717) is 11.0 Å². The van der Waals surface area contributed by atoms with Crippen molar-refractivity contribution in [3.05, 3.63) is 0 Å². The Hall–Kier alpha value is -1.18. The van der Waals surface area contributed by atoms with Crippen molar-refractivity contribution < 1.29 is 29.0 Å². The van der Waals surface area contributed by atoms with E-state index in [2.05, 4.69) is 0 Å². The fraction of sp³-hybridized carbons (Fsp3) is 0.818. The predicted octanol–water partition coefficient (Wildman–Crippen LogP) is -1.21. The number of carbonyl (C=O) groups is 2. The molecule has 0 aliphatic carbocycles. The molecular formula is C11H23N2O5+. The maximum atomic E-state index is 11.5. The van der Waals surface area contributed by atoms with Gasteiger partial charge in [-0.05, 0) is 0 Å². The van der Waals surface area contributed by atoms with Crippen molar-refractivity contribution in [2.45, 2.75) is 25.0 Å². The van der Waals surface area contributed by atoms with Crippen LogP contribution < -0.4 is 5.73 Å². The van der Waals surface area contributed by atoms with Crippen molar-refractivity contribution in [3.63, 3.8) is 0 Å². The molecule has 2 unspecified atom stereocenters. The van der Waals surface area contributed by atoms with Crippen LogP contribution in [0.2, 0.25) is 0 Å². The number of nitrogens with two attached hydrogens (primary N) is 1. The highest BCUT2D eigenvalue weighted by Crippen LogP contribution is 2.07. The smallest absolute Gasteiger partial charge is 0.308 e. The van der Waals surface area contributed by atoms with E-state index >= 15 is 0 Å². The number of esters is 1. The van der Waals surface area contributed by atoms with E-state index < -0.39 is 24.1 Å². The quantitative estimate of drug-likeness (QED) is 0.374. The van der Waals surface area contributed by atoms with E-state index in [9.17, 15) is 14.7 Å². The highest BCUT2D eigenvalue weighted by molar-refractivity contribution is 5.72. The molecule has 2 atom stereocenters. The Kier molecular flexibility index (Phi) is 6.82. The number of ether oxygens (including phenoxy) is 1. The van der Waals surface area contributed by atoms with Crippen molar-refractivity contribution in [3.8, 4) is 0 Å². The van der Waals surface area contributed by atoms with E-state index in [1.54, 1.807) is 0 Å². The largest absolute Gasteiger partial charge is 0.481 e. The maximum absolute atomic E-state index is 11.5. The summed E-state index contributed by atoms with van der Waals surface area (Å²) in [6.07, 6.45) is -2.13. The van der Waals surface area contributed by atoms with Crippen molar-refractivity contribution in [2.75, 3.05) is 34.2 Å². The molecule has 0 saturated carbocycles. The third-order valence-corrected chi connectivity index (χ3v) is 2.13. The highest BCUT2D eigenvalue weighted by Gasteiger charge is 2.25. The third kappa shape index (κ3) is 8.91. The average molecular weight is 263 g/mol. The van der Waals surface area contributed by atoms with Gasteiger partial charge >= 0.3 is 11.9 Å². The van der Waals surface area contributed by atoms with Gasteiger partial charge in [0.15, 0.2) is 6.10 Å². The fourth-order valence-corrected chi connectivity index (χ4v) is 1.46. The Labute approximate surface area is 107 Å². The molecular weight excluding hydrogens is 240 g/mol. The van der Waals surface area contributed by atoms with Gasteiger partial charge in [-0.25, -0.2) is 0 Å². The first-order chi connectivity index (χ1) is 8.14. The van der Waals surface area contributed by atoms with E-state index in [1.807, 2.05) is 21.1 Å². The van der Waals surface area contributed by atoms with Gasteiger partial charge in [0.25, 0.3) is 0 Å². The Balaban J connectivity index is 4.40. The number of carboxylic acids is 1. The maximum Gasteiger partial charge on any atom is 0.308 e. The molecule has 4 N–H and O–H groups in total. The molecule has 0 heterocycles. The number of aliphatic hydroxyl groups excluding tert-OH is 1. The molecule has 0 fully saturated rings. The van der Waals surface area contributed by atoms with Crippen LogP contribution in [0.4, 0.5) is 0 Å². The average Bonchev–Trinajstić information content (AvgIpc) is 2.12. The van der Waals surface area contributed by atoms with Gasteiger partial charge in [0.05, 0.1) is 40.1 Å². The summed E-state index contributed by atoms with van der Waals surface area (Å²) in [5.41, 5.74) is 5.18. The molecule has 18 heavy (non-hydrogen) atoms. The summed E-state index contributed by atoms with van der Waals surface area (Å²) in [6.45, 7) is 0.352. The Bertz CT molecular complexity index is 288. The number of hydrogen-bond acceptors (Lipinski definition) is 5. The molecule has 0 saturated heterocycles. The molecule has 0 rings (SSSR count). The van der Waals surface area contributed by atoms with Crippen LogP contribution in [0.1, 0.15) is 12.8 Å². The van der Waals surface area contributed by atoms with E-state index in [0.717, 1.165) is 0 Å². The molecule has 7 nitrogen and oxygen atoms in total. The minimum absolute atomic E-state index is 0.0337. The summed E-state index contributed by atoms with van der Waals surface area (Å²) in [5.74, 6) is -1.66. The number of aliphatic carboxylic acids is 1. The van der Waals surface area contributed by atoms with Gasteiger partial charge in [-0.1, -0.05) is 0 Å².